The number of unbranched alkanes of at least 4 members (excludes halogenated alkanes) is 2. The molecule has 0 aromatic rings. The molecular weight excluding hydrogens is 279 g/mol. The molecule has 0 aromatic carbocycles. The third kappa shape index (κ3) is 5.65. The highest BCUT2D eigenvalue weighted by molar-refractivity contribution is 14.1. The summed E-state index contributed by atoms with van der Waals surface area (Å²) in [6.07, 6.45) is 4.87. The van der Waals surface area contributed by atoms with E-state index in [1.165, 1.54) is 0 Å². The van der Waals surface area contributed by atoms with E-state index < -0.39 is 11.7 Å². The largest absolute Gasteiger partial charge is 0.390 e. The van der Waals surface area contributed by atoms with E-state index in [1.807, 2.05) is 22.6 Å². The molecule has 0 radical (unpaired) electrons. The molecule has 0 amide bonds. The smallest absolute Gasteiger partial charge is 0.106 e. The van der Waals surface area contributed by atoms with Crippen molar-refractivity contribution in [1.29, 1.82) is 0 Å². The highest BCUT2D eigenvalue weighted by Crippen LogP contribution is 2.18. The van der Waals surface area contributed by atoms with E-state index in [-0.39, 0.29) is 0 Å². The van der Waals surface area contributed by atoms with E-state index in [0.29, 0.717) is 6.42 Å². The Balaban J connectivity index is 3.86. The monoisotopic (exact) mass is 298 g/mol. The van der Waals surface area contributed by atoms with Gasteiger partial charge in [0.15, 0.2) is 0 Å². The predicted molar refractivity (Wildman–Crippen MR) is 63.9 cm³/mol. The van der Waals surface area contributed by atoms with Gasteiger partial charge in [-0.05, 0) is 23.5 Å². The minimum Gasteiger partial charge on any atom is -0.390 e. The molecule has 78 valence electrons. The van der Waals surface area contributed by atoms with Gasteiger partial charge >= 0.3 is 0 Å². The highest BCUT2D eigenvalue weighted by Gasteiger charge is 2.26. The molecule has 0 aliphatic heterocycles. The van der Waals surface area contributed by atoms with Crippen molar-refractivity contribution in [2.24, 2.45) is 0 Å². The zero-order valence-corrected chi connectivity index (χ0v) is 10.5. The topological polar surface area (TPSA) is 40.5 Å². The van der Waals surface area contributed by atoms with Crippen LogP contribution in [0.5, 0.6) is 0 Å². The van der Waals surface area contributed by atoms with Gasteiger partial charge in [0.25, 0.3) is 0 Å². The van der Waals surface area contributed by atoms with Crippen LogP contribution in [0.1, 0.15) is 39.5 Å². The van der Waals surface area contributed by atoms with Crippen LogP contribution in [-0.2, 0) is 0 Å². The van der Waals surface area contributed by atoms with Crippen LogP contribution in [0.2, 0.25) is 0 Å². The van der Waals surface area contributed by atoms with E-state index >= 15 is 0 Å². The molecule has 0 rings (SSSR count). The van der Waals surface area contributed by atoms with Gasteiger partial charge in [-0.15, -0.1) is 0 Å². The van der Waals surface area contributed by atoms with Crippen molar-refractivity contribution < 1.29 is 10.2 Å². The van der Waals surface area contributed by atoms with Gasteiger partial charge in [-0.2, -0.15) is 0 Å². The minimum atomic E-state index is -1.07. The Kier molecular flexibility index (Phi) is 6.99. The average molecular weight is 298 g/mol. The molecular formula is C10H19IO2. The van der Waals surface area contributed by atoms with Crippen molar-refractivity contribution in [3.05, 3.63) is 10.2 Å². The molecule has 0 aliphatic carbocycles. The fourth-order valence-electron chi connectivity index (χ4n) is 1.12. The second kappa shape index (κ2) is 6.79. The van der Waals surface area contributed by atoms with Crippen molar-refractivity contribution in [2.75, 3.05) is 0 Å². The van der Waals surface area contributed by atoms with Crippen LogP contribution in [0.3, 0.4) is 0 Å². The molecule has 0 fully saturated rings. The SMILES string of the molecule is CCCCCC(O)C(C)(O)/C=C/I. The van der Waals surface area contributed by atoms with Crippen molar-refractivity contribution >= 4 is 22.6 Å². The van der Waals surface area contributed by atoms with Crippen molar-refractivity contribution in [1.82, 2.24) is 0 Å². The van der Waals surface area contributed by atoms with Crippen LogP contribution in [-0.4, -0.2) is 21.9 Å². The first kappa shape index (κ1) is 13.4. The first-order chi connectivity index (χ1) is 6.04. The summed E-state index contributed by atoms with van der Waals surface area (Å²) in [5.74, 6) is 0. The number of aliphatic hydroxyl groups excluding tert-OH is 1. The van der Waals surface area contributed by atoms with Gasteiger partial charge in [0, 0.05) is 0 Å². The quantitative estimate of drug-likeness (QED) is 0.584. The van der Waals surface area contributed by atoms with Gasteiger partial charge in [0.2, 0.25) is 0 Å². The number of aliphatic hydroxyl groups is 2. The van der Waals surface area contributed by atoms with E-state index in [9.17, 15) is 10.2 Å². The average Bonchev–Trinajstić information content (AvgIpc) is 2.04. The van der Waals surface area contributed by atoms with Crippen molar-refractivity contribution in [2.45, 2.75) is 51.2 Å². The number of hydrogen-bond acceptors (Lipinski definition) is 2. The summed E-state index contributed by atoms with van der Waals surface area (Å²) in [5.41, 5.74) is -1.07. The molecule has 0 spiro atoms. The van der Waals surface area contributed by atoms with E-state index in [4.69, 9.17) is 0 Å². The maximum absolute atomic E-state index is 9.74. The van der Waals surface area contributed by atoms with Crippen LogP contribution < -0.4 is 0 Å². The summed E-state index contributed by atoms with van der Waals surface area (Å²) in [5, 5.41) is 19.4. The van der Waals surface area contributed by atoms with E-state index in [2.05, 4.69) is 6.92 Å². The Morgan fingerprint density at radius 2 is 2.08 bits per heavy atom. The number of halogens is 1. The van der Waals surface area contributed by atoms with Crippen molar-refractivity contribution in [3.63, 3.8) is 0 Å². The molecule has 13 heavy (non-hydrogen) atoms. The molecule has 2 nitrogen and oxygen atoms in total. The molecule has 0 saturated heterocycles. The molecule has 0 saturated carbocycles. The third-order valence-corrected chi connectivity index (χ3v) is 2.52. The fraction of sp³-hybridized carbons (Fsp3) is 0.800. The molecule has 0 heterocycles. The second-order valence-electron chi connectivity index (χ2n) is 3.53. The first-order valence-electron chi connectivity index (χ1n) is 4.73. The van der Waals surface area contributed by atoms with Gasteiger partial charge in [-0.3, -0.25) is 0 Å². The Morgan fingerprint density at radius 1 is 1.46 bits per heavy atom. The number of rotatable bonds is 6. The molecule has 2 N–H and O–H groups in total. The minimum absolute atomic E-state index is 0.648. The van der Waals surface area contributed by atoms with Gasteiger partial charge in [-0.1, -0.05) is 48.8 Å². The van der Waals surface area contributed by atoms with Gasteiger partial charge in [-0.25, -0.2) is 0 Å². The lowest BCUT2D eigenvalue weighted by molar-refractivity contribution is -0.0308. The maximum Gasteiger partial charge on any atom is 0.106 e. The Hall–Kier alpha value is 0.390. The van der Waals surface area contributed by atoms with E-state index in [0.717, 1.165) is 19.3 Å². The van der Waals surface area contributed by atoms with Crippen LogP contribution >= 0.6 is 22.6 Å². The molecule has 0 bridgehead atoms. The Morgan fingerprint density at radius 3 is 2.54 bits per heavy atom. The van der Waals surface area contributed by atoms with Crippen LogP contribution in [0.15, 0.2) is 10.2 Å². The van der Waals surface area contributed by atoms with Gasteiger partial charge < -0.3 is 10.2 Å². The summed E-state index contributed by atoms with van der Waals surface area (Å²) in [6.45, 7) is 3.76. The zero-order chi connectivity index (χ0) is 10.3. The van der Waals surface area contributed by atoms with Crippen molar-refractivity contribution in [3.8, 4) is 0 Å². The third-order valence-electron chi connectivity index (χ3n) is 2.16. The lowest BCUT2D eigenvalue weighted by atomic mass is 9.95. The first-order valence-corrected chi connectivity index (χ1v) is 5.97. The molecule has 2 unspecified atom stereocenters. The maximum atomic E-state index is 9.74. The predicted octanol–water partition coefficient (Wildman–Crippen LogP) is 2.63. The standard InChI is InChI=1S/C10H19IO2/c1-3-4-5-6-9(12)10(2,13)7-8-11/h7-9,12-13H,3-6H2,1-2H3/b8-7+. The zero-order valence-electron chi connectivity index (χ0n) is 8.33. The highest BCUT2D eigenvalue weighted by atomic mass is 127. The van der Waals surface area contributed by atoms with Crippen LogP contribution in [0.4, 0.5) is 0 Å². The molecule has 0 aromatic heterocycles. The molecule has 3 heteroatoms. The number of hydrogen-bond donors (Lipinski definition) is 2. The summed E-state index contributed by atoms with van der Waals surface area (Å²) < 4.78 is 1.74. The summed E-state index contributed by atoms with van der Waals surface area (Å²) >= 11 is 2.04. The molecule has 2 atom stereocenters. The normalized spacial score (nSPS) is 18.8. The summed E-state index contributed by atoms with van der Waals surface area (Å²) in [6, 6.07) is 0. The van der Waals surface area contributed by atoms with Crippen LogP contribution in [0, 0.1) is 0 Å². The van der Waals surface area contributed by atoms with Crippen LogP contribution in [0.25, 0.3) is 0 Å². The fourth-order valence-corrected chi connectivity index (χ4v) is 1.85. The lowest BCUT2D eigenvalue weighted by Crippen LogP contribution is -2.36. The van der Waals surface area contributed by atoms with Gasteiger partial charge in [0.1, 0.15) is 5.60 Å². The molecule has 0 aliphatic rings. The van der Waals surface area contributed by atoms with E-state index in [1.54, 1.807) is 17.1 Å². The second-order valence-corrected chi connectivity index (χ2v) is 4.25. The summed E-state index contributed by atoms with van der Waals surface area (Å²) in [7, 11) is 0. The lowest BCUT2D eigenvalue weighted by Gasteiger charge is -2.25. The Labute approximate surface area is 94.2 Å². The Bertz CT molecular complexity index is 155. The summed E-state index contributed by atoms with van der Waals surface area (Å²) in [4.78, 5) is 0. The van der Waals surface area contributed by atoms with Gasteiger partial charge in [0.05, 0.1) is 6.10 Å².